The molecule has 1 atom stereocenters. The first-order chi connectivity index (χ1) is 9.39. The predicted molar refractivity (Wildman–Crippen MR) is 74.0 cm³/mol. The van der Waals surface area contributed by atoms with E-state index in [9.17, 15) is 19.8 Å². The molecule has 1 aliphatic heterocycles. The van der Waals surface area contributed by atoms with Gasteiger partial charge in [0.15, 0.2) is 0 Å². The Hall–Kier alpha value is -1.75. The maximum absolute atomic E-state index is 12.3. The molecule has 1 heterocycles. The highest BCUT2D eigenvalue weighted by molar-refractivity contribution is 6.30. The lowest BCUT2D eigenvalue weighted by atomic mass is 9.84. The largest absolute Gasteiger partial charge is 0.507 e. The fourth-order valence-corrected chi connectivity index (χ4v) is 2.68. The summed E-state index contributed by atoms with van der Waals surface area (Å²) in [6.07, 6.45) is 0.900. The molecule has 1 saturated heterocycles. The first kappa shape index (κ1) is 14.7. The van der Waals surface area contributed by atoms with Crippen molar-refractivity contribution in [1.29, 1.82) is 0 Å². The molecule has 1 aliphatic rings. The number of phenols is 1. The summed E-state index contributed by atoms with van der Waals surface area (Å²) in [5.74, 6) is -1.43. The molecule has 5 nitrogen and oxygen atoms in total. The molecule has 2 N–H and O–H groups in total. The van der Waals surface area contributed by atoms with Crippen LogP contribution in [-0.4, -0.2) is 40.1 Å². The van der Waals surface area contributed by atoms with E-state index >= 15 is 0 Å². The third-order valence-electron chi connectivity index (χ3n) is 3.96. The van der Waals surface area contributed by atoms with E-state index in [1.807, 2.05) is 6.92 Å². The zero-order chi connectivity index (χ0) is 14.9. The number of phenolic OH excluding ortho intramolecular Hbond substituents is 1. The molecule has 108 valence electrons. The molecular formula is C14H16ClNO4. The molecule has 1 unspecified atom stereocenters. The Morgan fingerprint density at radius 2 is 2.15 bits per heavy atom. The van der Waals surface area contributed by atoms with Crippen LogP contribution in [0, 0.1) is 5.41 Å². The minimum atomic E-state index is -0.879. The minimum absolute atomic E-state index is 0.145. The zero-order valence-corrected chi connectivity index (χ0v) is 11.9. The van der Waals surface area contributed by atoms with Gasteiger partial charge in [0.1, 0.15) is 5.75 Å². The fraction of sp³-hybridized carbons (Fsp3) is 0.429. The van der Waals surface area contributed by atoms with E-state index in [1.54, 1.807) is 0 Å². The van der Waals surface area contributed by atoms with E-state index in [-0.39, 0.29) is 23.8 Å². The number of likely N-dealkylation sites (tertiary alicyclic amines) is 1. The van der Waals surface area contributed by atoms with Gasteiger partial charge in [-0.3, -0.25) is 9.59 Å². The number of hydrogen-bond acceptors (Lipinski definition) is 3. The number of aliphatic carboxylic acids is 1. The molecule has 0 aliphatic carbocycles. The van der Waals surface area contributed by atoms with Gasteiger partial charge in [-0.15, -0.1) is 0 Å². The van der Waals surface area contributed by atoms with Gasteiger partial charge < -0.3 is 15.1 Å². The van der Waals surface area contributed by atoms with Gasteiger partial charge in [-0.2, -0.15) is 0 Å². The van der Waals surface area contributed by atoms with Crippen LogP contribution in [-0.2, 0) is 4.79 Å². The number of benzene rings is 1. The number of carbonyl (C=O) groups is 2. The van der Waals surface area contributed by atoms with Crippen molar-refractivity contribution in [3.05, 3.63) is 28.8 Å². The first-order valence-electron chi connectivity index (χ1n) is 6.41. The number of aromatic hydroxyl groups is 1. The quantitative estimate of drug-likeness (QED) is 0.898. The molecular weight excluding hydrogens is 282 g/mol. The van der Waals surface area contributed by atoms with Gasteiger partial charge in [0.2, 0.25) is 0 Å². The molecule has 1 amide bonds. The average Bonchev–Trinajstić information content (AvgIpc) is 2.83. The summed E-state index contributed by atoms with van der Waals surface area (Å²) in [5, 5.41) is 19.4. The van der Waals surface area contributed by atoms with Crippen LogP contribution < -0.4 is 0 Å². The molecule has 6 heteroatoms. The van der Waals surface area contributed by atoms with Crippen molar-refractivity contribution in [3.63, 3.8) is 0 Å². The van der Waals surface area contributed by atoms with Crippen LogP contribution in [0.15, 0.2) is 18.2 Å². The second-order valence-electron chi connectivity index (χ2n) is 5.08. The fourth-order valence-electron chi connectivity index (χ4n) is 2.52. The number of carboxylic acid groups (broad SMARTS) is 1. The number of halogens is 1. The zero-order valence-electron chi connectivity index (χ0n) is 11.1. The summed E-state index contributed by atoms with van der Waals surface area (Å²) in [6, 6.07) is 4.27. The van der Waals surface area contributed by atoms with E-state index < -0.39 is 11.4 Å². The van der Waals surface area contributed by atoms with E-state index in [0.29, 0.717) is 24.4 Å². The monoisotopic (exact) mass is 297 g/mol. The smallest absolute Gasteiger partial charge is 0.311 e. The first-order valence-corrected chi connectivity index (χ1v) is 6.78. The van der Waals surface area contributed by atoms with Crippen LogP contribution in [0.3, 0.4) is 0 Å². The van der Waals surface area contributed by atoms with Gasteiger partial charge in [0.05, 0.1) is 11.0 Å². The second kappa shape index (κ2) is 5.32. The number of carboxylic acids is 1. The second-order valence-corrected chi connectivity index (χ2v) is 5.51. The Balaban J connectivity index is 2.21. The maximum Gasteiger partial charge on any atom is 0.311 e. The van der Waals surface area contributed by atoms with Crippen molar-refractivity contribution in [3.8, 4) is 5.75 Å². The van der Waals surface area contributed by atoms with Crippen LogP contribution >= 0.6 is 11.6 Å². The lowest BCUT2D eigenvalue weighted by Gasteiger charge is -2.23. The summed E-state index contributed by atoms with van der Waals surface area (Å²) in [7, 11) is 0. The Morgan fingerprint density at radius 3 is 2.65 bits per heavy atom. The number of nitrogens with zero attached hydrogens (tertiary/aromatic N) is 1. The molecule has 1 aromatic carbocycles. The normalized spacial score (nSPS) is 22.0. The van der Waals surface area contributed by atoms with Crippen molar-refractivity contribution in [2.45, 2.75) is 19.8 Å². The molecule has 0 saturated carbocycles. The highest BCUT2D eigenvalue weighted by Gasteiger charge is 2.45. The Kier molecular flexibility index (Phi) is 3.90. The SMILES string of the molecule is CCC1(C(=O)O)CCN(C(=O)c2ccc(Cl)cc2O)C1. The Labute approximate surface area is 121 Å². The number of rotatable bonds is 3. The van der Waals surface area contributed by atoms with Crippen LogP contribution in [0.5, 0.6) is 5.75 Å². The summed E-state index contributed by atoms with van der Waals surface area (Å²) in [4.78, 5) is 25.2. The molecule has 0 spiro atoms. The van der Waals surface area contributed by atoms with Gasteiger partial charge in [-0.1, -0.05) is 18.5 Å². The lowest BCUT2D eigenvalue weighted by molar-refractivity contribution is -0.148. The number of amides is 1. The van der Waals surface area contributed by atoms with E-state index in [2.05, 4.69) is 0 Å². The van der Waals surface area contributed by atoms with E-state index in [1.165, 1.54) is 23.1 Å². The van der Waals surface area contributed by atoms with Crippen LogP contribution in [0.4, 0.5) is 0 Å². The molecule has 20 heavy (non-hydrogen) atoms. The maximum atomic E-state index is 12.3. The van der Waals surface area contributed by atoms with E-state index in [4.69, 9.17) is 11.6 Å². The molecule has 1 fully saturated rings. The average molecular weight is 298 g/mol. The summed E-state index contributed by atoms with van der Waals surface area (Å²) < 4.78 is 0. The predicted octanol–water partition coefficient (Wildman–Crippen LogP) is 2.37. The van der Waals surface area contributed by atoms with Gasteiger partial charge in [-0.05, 0) is 31.0 Å². The van der Waals surface area contributed by atoms with Crippen molar-refractivity contribution >= 4 is 23.5 Å². The van der Waals surface area contributed by atoms with Gasteiger partial charge in [-0.25, -0.2) is 0 Å². The summed E-state index contributed by atoms with van der Waals surface area (Å²) >= 11 is 5.73. The van der Waals surface area contributed by atoms with E-state index in [0.717, 1.165) is 0 Å². The van der Waals surface area contributed by atoms with Crippen LogP contribution in [0.1, 0.15) is 30.1 Å². The Bertz CT molecular complexity index is 560. The van der Waals surface area contributed by atoms with Crippen molar-refractivity contribution in [2.24, 2.45) is 5.41 Å². The van der Waals surface area contributed by atoms with Crippen molar-refractivity contribution in [2.75, 3.05) is 13.1 Å². The number of carbonyl (C=O) groups excluding carboxylic acids is 1. The third-order valence-corrected chi connectivity index (χ3v) is 4.20. The van der Waals surface area contributed by atoms with Crippen molar-refractivity contribution in [1.82, 2.24) is 4.90 Å². The van der Waals surface area contributed by atoms with Crippen LogP contribution in [0.25, 0.3) is 0 Å². The topological polar surface area (TPSA) is 77.8 Å². The summed E-state index contributed by atoms with van der Waals surface area (Å²) in [6.45, 7) is 2.35. The van der Waals surface area contributed by atoms with Crippen LogP contribution in [0.2, 0.25) is 5.02 Å². The van der Waals surface area contributed by atoms with Crippen molar-refractivity contribution < 1.29 is 19.8 Å². The van der Waals surface area contributed by atoms with Gasteiger partial charge in [0.25, 0.3) is 5.91 Å². The summed E-state index contributed by atoms with van der Waals surface area (Å²) in [5.41, 5.74) is -0.732. The highest BCUT2D eigenvalue weighted by Crippen LogP contribution is 2.35. The highest BCUT2D eigenvalue weighted by atomic mass is 35.5. The molecule has 0 bridgehead atoms. The third kappa shape index (κ3) is 2.45. The minimum Gasteiger partial charge on any atom is -0.507 e. The number of hydrogen-bond donors (Lipinski definition) is 2. The molecule has 2 rings (SSSR count). The molecule has 1 aromatic rings. The molecule has 0 radical (unpaired) electrons. The standard InChI is InChI=1S/C14H16ClNO4/c1-2-14(13(19)20)5-6-16(8-14)12(18)10-4-3-9(15)7-11(10)17/h3-4,7,17H,2,5-6,8H2,1H3,(H,19,20). The lowest BCUT2D eigenvalue weighted by Crippen LogP contribution is -2.36. The molecule has 0 aromatic heterocycles. The Morgan fingerprint density at radius 1 is 1.45 bits per heavy atom. The van der Waals surface area contributed by atoms with Gasteiger partial charge in [0, 0.05) is 18.1 Å². The van der Waals surface area contributed by atoms with Gasteiger partial charge >= 0.3 is 5.97 Å².